The molecule has 1 aliphatic carbocycles. The first-order chi connectivity index (χ1) is 8.85. The zero-order valence-corrected chi connectivity index (χ0v) is 11.2. The van der Waals surface area contributed by atoms with E-state index in [0.717, 1.165) is 11.7 Å². The molecule has 0 radical (unpaired) electrons. The second kappa shape index (κ2) is 4.93. The second-order valence-corrected chi connectivity index (χ2v) is 5.78. The highest BCUT2D eigenvalue weighted by Gasteiger charge is 2.44. The molecule has 1 aromatic rings. The van der Waals surface area contributed by atoms with Crippen LogP contribution in [0.4, 0.5) is 0 Å². The van der Waals surface area contributed by atoms with E-state index in [1.807, 2.05) is 0 Å². The van der Waals surface area contributed by atoms with Crippen molar-refractivity contribution in [1.82, 2.24) is 5.32 Å². The topological polar surface area (TPSA) is 21.3 Å². The second-order valence-electron chi connectivity index (χ2n) is 5.78. The van der Waals surface area contributed by atoms with E-state index in [1.165, 1.54) is 50.8 Å². The van der Waals surface area contributed by atoms with Gasteiger partial charge in [0, 0.05) is 0 Å². The zero-order chi connectivity index (χ0) is 12.4. The van der Waals surface area contributed by atoms with Crippen molar-refractivity contribution in [3.8, 4) is 5.75 Å². The standard InChI is InChI=1S/C16H23NO/c1-18-15-7-2-5-13(11-15)16-8-3-6-14(16)12-17-10-4-9-16/h2,5,7,11,14,17H,3-4,6,8-10,12H2,1H3/t14-,16+/m0/s1. The van der Waals surface area contributed by atoms with E-state index in [1.54, 1.807) is 7.11 Å². The highest BCUT2D eigenvalue weighted by molar-refractivity contribution is 5.35. The van der Waals surface area contributed by atoms with Crippen LogP contribution in [0.5, 0.6) is 5.75 Å². The van der Waals surface area contributed by atoms with Crippen LogP contribution in [0.1, 0.15) is 37.7 Å². The number of ether oxygens (including phenoxy) is 1. The van der Waals surface area contributed by atoms with Crippen molar-refractivity contribution in [3.63, 3.8) is 0 Å². The number of methoxy groups -OCH3 is 1. The van der Waals surface area contributed by atoms with Gasteiger partial charge in [-0.3, -0.25) is 0 Å². The predicted octanol–water partition coefficient (Wildman–Crippen LogP) is 3.12. The first kappa shape index (κ1) is 12.0. The molecule has 1 saturated heterocycles. The molecule has 18 heavy (non-hydrogen) atoms. The average molecular weight is 245 g/mol. The van der Waals surface area contributed by atoms with Gasteiger partial charge >= 0.3 is 0 Å². The van der Waals surface area contributed by atoms with Gasteiger partial charge in [0.1, 0.15) is 5.75 Å². The molecule has 0 bridgehead atoms. The fraction of sp³-hybridized carbons (Fsp3) is 0.625. The fourth-order valence-corrected chi connectivity index (χ4v) is 4.03. The molecular weight excluding hydrogens is 222 g/mol. The monoisotopic (exact) mass is 245 g/mol. The Kier molecular flexibility index (Phi) is 3.29. The normalized spacial score (nSPS) is 31.7. The van der Waals surface area contributed by atoms with Gasteiger partial charge in [-0.2, -0.15) is 0 Å². The number of hydrogen-bond donors (Lipinski definition) is 1. The summed E-state index contributed by atoms with van der Waals surface area (Å²) >= 11 is 0. The molecule has 0 amide bonds. The van der Waals surface area contributed by atoms with Crippen LogP contribution in [0, 0.1) is 5.92 Å². The molecule has 1 N–H and O–H groups in total. The molecule has 98 valence electrons. The van der Waals surface area contributed by atoms with Gasteiger partial charge in [-0.05, 0) is 67.8 Å². The maximum absolute atomic E-state index is 5.41. The molecule has 0 aromatic heterocycles. The first-order valence-electron chi connectivity index (χ1n) is 7.20. The van der Waals surface area contributed by atoms with Crippen LogP contribution < -0.4 is 10.1 Å². The molecule has 1 heterocycles. The summed E-state index contributed by atoms with van der Waals surface area (Å²) in [5, 5.41) is 3.61. The van der Waals surface area contributed by atoms with Crippen molar-refractivity contribution in [3.05, 3.63) is 29.8 Å². The molecule has 1 aliphatic heterocycles. The largest absolute Gasteiger partial charge is 0.497 e. The predicted molar refractivity (Wildman–Crippen MR) is 74.1 cm³/mol. The lowest BCUT2D eigenvalue weighted by Gasteiger charge is -2.35. The summed E-state index contributed by atoms with van der Waals surface area (Å²) in [6.45, 7) is 2.37. The smallest absolute Gasteiger partial charge is 0.119 e. The van der Waals surface area contributed by atoms with Crippen LogP contribution in [0.3, 0.4) is 0 Å². The first-order valence-corrected chi connectivity index (χ1v) is 7.20. The minimum absolute atomic E-state index is 0.415. The van der Waals surface area contributed by atoms with E-state index >= 15 is 0 Å². The molecular formula is C16H23NO. The minimum atomic E-state index is 0.415. The summed E-state index contributed by atoms with van der Waals surface area (Å²) < 4.78 is 5.41. The van der Waals surface area contributed by atoms with E-state index in [-0.39, 0.29) is 0 Å². The fourth-order valence-electron chi connectivity index (χ4n) is 4.03. The van der Waals surface area contributed by atoms with Gasteiger partial charge in [-0.1, -0.05) is 18.6 Å². The summed E-state index contributed by atoms with van der Waals surface area (Å²) in [7, 11) is 1.76. The highest BCUT2D eigenvalue weighted by Crippen LogP contribution is 2.49. The Morgan fingerprint density at radius 1 is 1.28 bits per heavy atom. The van der Waals surface area contributed by atoms with Gasteiger partial charge in [0.2, 0.25) is 0 Å². The molecule has 3 rings (SSSR count). The summed E-state index contributed by atoms with van der Waals surface area (Å²) in [5.74, 6) is 1.82. The van der Waals surface area contributed by atoms with Crippen molar-refractivity contribution >= 4 is 0 Å². The van der Waals surface area contributed by atoms with Gasteiger partial charge in [0.15, 0.2) is 0 Å². The van der Waals surface area contributed by atoms with E-state index in [9.17, 15) is 0 Å². The highest BCUT2D eigenvalue weighted by atomic mass is 16.5. The summed E-state index contributed by atoms with van der Waals surface area (Å²) in [5.41, 5.74) is 1.92. The van der Waals surface area contributed by atoms with Crippen molar-refractivity contribution in [2.75, 3.05) is 20.2 Å². The van der Waals surface area contributed by atoms with Crippen molar-refractivity contribution in [2.45, 2.75) is 37.5 Å². The molecule has 1 saturated carbocycles. The summed E-state index contributed by atoms with van der Waals surface area (Å²) in [4.78, 5) is 0. The van der Waals surface area contributed by atoms with Crippen LogP contribution in [0.15, 0.2) is 24.3 Å². The van der Waals surface area contributed by atoms with Crippen LogP contribution in [0.25, 0.3) is 0 Å². The third kappa shape index (κ3) is 1.93. The van der Waals surface area contributed by atoms with Gasteiger partial charge in [-0.25, -0.2) is 0 Å². The number of fused-ring (bicyclic) bond motifs is 1. The number of benzene rings is 1. The third-order valence-electron chi connectivity index (χ3n) is 4.97. The van der Waals surface area contributed by atoms with Crippen molar-refractivity contribution < 1.29 is 4.74 Å². The summed E-state index contributed by atoms with van der Waals surface area (Å²) in [6, 6.07) is 8.78. The maximum atomic E-state index is 5.41. The van der Waals surface area contributed by atoms with Gasteiger partial charge < -0.3 is 10.1 Å². The molecule has 2 fully saturated rings. The molecule has 1 aromatic carbocycles. The molecule has 2 aliphatic rings. The lowest BCUT2D eigenvalue weighted by molar-refractivity contribution is 0.305. The van der Waals surface area contributed by atoms with Crippen LogP contribution in [-0.4, -0.2) is 20.2 Å². The van der Waals surface area contributed by atoms with E-state index in [4.69, 9.17) is 4.74 Å². The minimum Gasteiger partial charge on any atom is -0.497 e. The van der Waals surface area contributed by atoms with Crippen LogP contribution in [-0.2, 0) is 5.41 Å². The van der Waals surface area contributed by atoms with E-state index < -0.39 is 0 Å². The number of rotatable bonds is 2. The average Bonchev–Trinajstić information content (AvgIpc) is 2.73. The lowest BCUT2D eigenvalue weighted by atomic mass is 9.70. The number of nitrogens with one attached hydrogen (secondary N) is 1. The van der Waals surface area contributed by atoms with Crippen molar-refractivity contribution in [2.24, 2.45) is 5.92 Å². The Morgan fingerprint density at radius 3 is 3.06 bits per heavy atom. The third-order valence-corrected chi connectivity index (χ3v) is 4.97. The van der Waals surface area contributed by atoms with Gasteiger partial charge in [0.05, 0.1) is 7.11 Å². The molecule has 0 spiro atoms. The quantitative estimate of drug-likeness (QED) is 0.864. The Bertz CT molecular complexity index is 417. The van der Waals surface area contributed by atoms with Gasteiger partial charge in [0.25, 0.3) is 0 Å². The van der Waals surface area contributed by atoms with E-state index in [0.29, 0.717) is 5.41 Å². The maximum Gasteiger partial charge on any atom is 0.119 e. The molecule has 2 nitrogen and oxygen atoms in total. The SMILES string of the molecule is COc1cccc([C@@]23CCCNC[C@@H]2CCC3)c1. The Hall–Kier alpha value is -1.02. The molecule has 2 atom stereocenters. The van der Waals surface area contributed by atoms with Gasteiger partial charge in [-0.15, -0.1) is 0 Å². The molecule has 2 heteroatoms. The lowest BCUT2D eigenvalue weighted by Crippen LogP contribution is -2.33. The summed E-state index contributed by atoms with van der Waals surface area (Å²) in [6.07, 6.45) is 6.74. The Labute approximate surface area is 110 Å². The Morgan fingerprint density at radius 2 is 2.17 bits per heavy atom. The van der Waals surface area contributed by atoms with E-state index in [2.05, 4.69) is 29.6 Å². The van der Waals surface area contributed by atoms with Crippen molar-refractivity contribution in [1.29, 1.82) is 0 Å². The molecule has 0 unspecified atom stereocenters. The Balaban J connectivity index is 1.99. The van der Waals surface area contributed by atoms with Crippen LogP contribution >= 0.6 is 0 Å². The van der Waals surface area contributed by atoms with Crippen LogP contribution in [0.2, 0.25) is 0 Å². The zero-order valence-electron chi connectivity index (χ0n) is 11.2. The number of hydrogen-bond acceptors (Lipinski definition) is 2.